The highest BCUT2D eigenvalue weighted by molar-refractivity contribution is 8.18. The highest BCUT2D eigenvalue weighted by Crippen LogP contribution is 2.33. The summed E-state index contributed by atoms with van der Waals surface area (Å²) >= 11 is 0.956. The second-order valence-electron chi connectivity index (χ2n) is 6.65. The van der Waals surface area contributed by atoms with Crippen molar-refractivity contribution in [3.8, 4) is 0 Å². The molecule has 8 heteroatoms. The van der Waals surface area contributed by atoms with Gasteiger partial charge in [-0.25, -0.2) is 0 Å². The predicted octanol–water partition coefficient (Wildman–Crippen LogP) is 2.56. The minimum atomic E-state index is -0.265. The van der Waals surface area contributed by atoms with Crippen LogP contribution in [0, 0.1) is 0 Å². The molecule has 0 spiro atoms. The molecule has 0 N–H and O–H groups in total. The van der Waals surface area contributed by atoms with Gasteiger partial charge in [-0.05, 0) is 30.8 Å². The molecule has 3 heterocycles. The van der Waals surface area contributed by atoms with E-state index < -0.39 is 0 Å². The third kappa shape index (κ3) is 3.45. The molecule has 28 heavy (non-hydrogen) atoms. The molecule has 146 valence electrons. The summed E-state index contributed by atoms with van der Waals surface area (Å²) in [6.45, 7) is 4.71. The number of benzene rings is 1. The fourth-order valence-corrected chi connectivity index (χ4v) is 4.39. The molecule has 0 atom stereocenters. The Hall–Kier alpha value is -2.58. The first-order chi connectivity index (χ1) is 13.6. The van der Waals surface area contributed by atoms with Crippen molar-refractivity contribution in [3.63, 3.8) is 0 Å². The smallest absolute Gasteiger partial charge is 0.293 e. The monoisotopic (exact) mass is 399 g/mol. The molecule has 0 radical (unpaired) electrons. The van der Waals surface area contributed by atoms with Gasteiger partial charge < -0.3 is 14.2 Å². The summed E-state index contributed by atoms with van der Waals surface area (Å²) in [5.74, 6) is -0.222. The van der Waals surface area contributed by atoms with E-state index in [9.17, 15) is 14.4 Å². The number of fused-ring (bicyclic) bond motifs is 1. The van der Waals surface area contributed by atoms with Crippen LogP contribution in [-0.2, 0) is 20.9 Å². The zero-order valence-electron chi connectivity index (χ0n) is 15.6. The topological polar surface area (TPSA) is 71.8 Å². The average molecular weight is 399 g/mol. The quantitative estimate of drug-likeness (QED) is 0.739. The molecule has 0 saturated carbocycles. The van der Waals surface area contributed by atoms with Crippen LogP contribution in [0.5, 0.6) is 0 Å². The Balaban J connectivity index is 1.65. The molecule has 2 fully saturated rings. The summed E-state index contributed by atoms with van der Waals surface area (Å²) in [6.07, 6.45) is 3.63. The number of carbonyl (C=O) groups excluding carboxylic acids is 3. The van der Waals surface area contributed by atoms with E-state index in [1.165, 1.54) is 4.90 Å². The molecule has 1 aromatic heterocycles. The van der Waals surface area contributed by atoms with Crippen molar-refractivity contribution < 1.29 is 19.1 Å². The standard InChI is InChI=1S/C20H21N3O4S/c1-2-23-19(25)17(28-20(23)26)11-14-12-22(16-6-4-3-5-15(14)16)13-18(24)21-7-9-27-10-8-21/h3-6,11-12H,2,7-10,13H2,1H3/b17-11-. The summed E-state index contributed by atoms with van der Waals surface area (Å²) in [4.78, 5) is 40.5. The Bertz CT molecular complexity index is 975. The zero-order valence-corrected chi connectivity index (χ0v) is 16.4. The van der Waals surface area contributed by atoms with Gasteiger partial charge in [0.05, 0.1) is 18.1 Å². The van der Waals surface area contributed by atoms with E-state index in [4.69, 9.17) is 4.74 Å². The molecule has 2 aromatic rings. The fraction of sp³-hybridized carbons (Fsp3) is 0.350. The van der Waals surface area contributed by atoms with E-state index in [2.05, 4.69) is 0 Å². The molecular formula is C20H21N3O4S. The number of thioether (sulfide) groups is 1. The molecule has 0 unspecified atom stereocenters. The SMILES string of the molecule is CCN1C(=O)S/C(=C\c2cn(CC(=O)N3CCOCC3)c3ccccc23)C1=O. The van der Waals surface area contributed by atoms with Crippen molar-refractivity contribution in [3.05, 3.63) is 40.9 Å². The number of hydrogen-bond acceptors (Lipinski definition) is 5. The van der Waals surface area contributed by atoms with Crippen LogP contribution in [-0.4, -0.2) is 64.3 Å². The lowest BCUT2D eigenvalue weighted by molar-refractivity contribution is -0.135. The molecule has 4 rings (SSSR count). The molecule has 2 aliphatic heterocycles. The maximum atomic E-state index is 12.7. The summed E-state index contributed by atoms with van der Waals surface area (Å²) < 4.78 is 7.22. The Kier molecular flexibility index (Phi) is 5.23. The number of hydrogen-bond donors (Lipinski definition) is 0. The Morgan fingerprint density at radius 2 is 1.96 bits per heavy atom. The van der Waals surface area contributed by atoms with E-state index in [1.54, 1.807) is 13.0 Å². The lowest BCUT2D eigenvalue weighted by Crippen LogP contribution is -2.42. The van der Waals surface area contributed by atoms with E-state index in [1.807, 2.05) is 39.9 Å². The summed E-state index contributed by atoms with van der Waals surface area (Å²) in [6, 6.07) is 7.76. The van der Waals surface area contributed by atoms with Crippen LogP contribution in [0.4, 0.5) is 4.79 Å². The van der Waals surface area contributed by atoms with Gasteiger partial charge in [0, 0.05) is 42.3 Å². The number of aromatic nitrogens is 1. The van der Waals surface area contributed by atoms with Crippen LogP contribution in [0.3, 0.4) is 0 Å². The van der Waals surface area contributed by atoms with Crippen LogP contribution in [0.25, 0.3) is 17.0 Å². The van der Waals surface area contributed by atoms with Crippen molar-refractivity contribution in [2.45, 2.75) is 13.5 Å². The largest absolute Gasteiger partial charge is 0.378 e. The van der Waals surface area contributed by atoms with Crippen LogP contribution < -0.4 is 0 Å². The van der Waals surface area contributed by atoms with Crippen molar-refractivity contribution in [1.29, 1.82) is 0 Å². The molecule has 3 amide bonds. The Labute approximate surface area is 166 Å². The minimum Gasteiger partial charge on any atom is -0.378 e. The number of nitrogens with zero attached hydrogens (tertiary/aromatic N) is 3. The van der Waals surface area contributed by atoms with E-state index >= 15 is 0 Å². The van der Waals surface area contributed by atoms with Gasteiger partial charge in [-0.3, -0.25) is 19.3 Å². The first-order valence-electron chi connectivity index (χ1n) is 9.27. The number of imide groups is 1. The first-order valence-corrected chi connectivity index (χ1v) is 10.1. The van der Waals surface area contributed by atoms with Gasteiger partial charge in [0.25, 0.3) is 11.1 Å². The fourth-order valence-electron chi connectivity index (χ4n) is 3.49. The Morgan fingerprint density at radius 3 is 2.68 bits per heavy atom. The number of amides is 3. The maximum Gasteiger partial charge on any atom is 0.293 e. The molecule has 1 aromatic carbocycles. The number of carbonyl (C=O) groups is 3. The number of para-hydroxylation sites is 1. The first kappa shape index (κ1) is 18.8. The molecule has 0 bridgehead atoms. The average Bonchev–Trinajstić information content (AvgIpc) is 3.19. The summed E-state index contributed by atoms with van der Waals surface area (Å²) in [5, 5.41) is 0.700. The van der Waals surface area contributed by atoms with E-state index in [-0.39, 0.29) is 23.6 Å². The highest BCUT2D eigenvalue weighted by atomic mass is 32.2. The molecule has 2 saturated heterocycles. The molecule has 0 aliphatic carbocycles. The Morgan fingerprint density at radius 1 is 1.21 bits per heavy atom. The van der Waals surface area contributed by atoms with Crippen molar-refractivity contribution in [2.24, 2.45) is 0 Å². The van der Waals surface area contributed by atoms with Crippen molar-refractivity contribution >= 4 is 45.8 Å². The van der Waals surface area contributed by atoms with Gasteiger partial charge in [0.15, 0.2) is 0 Å². The zero-order chi connectivity index (χ0) is 19.7. The number of rotatable bonds is 4. The van der Waals surface area contributed by atoms with Gasteiger partial charge >= 0.3 is 0 Å². The number of likely N-dealkylation sites (N-methyl/N-ethyl adjacent to an activating group) is 1. The summed E-state index contributed by atoms with van der Waals surface area (Å²) in [7, 11) is 0. The maximum absolute atomic E-state index is 12.7. The van der Waals surface area contributed by atoms with Crippen LogP contribution in [0.2, 0.25) is 0 Å². The highest BCUT2D eigenvalue weighted by Gasteiger charge is 2.33. The lowest BCUT2D eigenvalue weighted by Gasteiger charge is -2.27. The van der Waals surface area contributed by atoms with Crippen molar-refractivity contribution in [2.75, 3.05) is 32.8 Å². The lowest BCUT2D eigenvalue weighted by atomic mass is 10.1. The van der Waals surface area contributed by atoms with Crippen LogP contribution >= 0.6 is 11.8 Å². The predicted molar refractivity (Wildman–Crippen MR) is 108 cm³/mol. The van der Waals surface area contributed by atoms with E-state index in [0.717, 1.165) is 28.2 Å². The second-order valence-corrected chi connectivity index (χ2v) is 7.64. The van der Waals surface area contributed by atoms with Gasteiger partial charge in [0.2, 0.25) is 5.91 Å². The third-order valence-corrected chi connectivity index (χ3v) is 5.87. The summed E-state index contributed by atoms with van der Waals surface area (Å²) in [5.41, 5.74) is 1.75. The van der Waals surface area contributed by atoms with Crippen molar-refractivity contribution in [1.82, 2.24) is 14.4 Å². The van der Waals surface area contributed by atoms with Gasteiger partial charge in [-0.2, -0.15) is 0 Å². The van der Waals surface area contributed by atoms with Gasteiger partial charge in [0.1, 0.15) is 6.54 Å². The molecular weight excluding hydrogens is 378 g/mol. The van der Waals surface area contributed by atoms with E-state index in [0.29, 0.717) is 37.8 Å². The molecule has 2 aliphatic rings. The molecule has 7 nitrogen and oxygen atoms in total. The van der Waals surface area contributed by atoms with Crippen LogP contribution in [0.1, 0.15) is 12.5 Å². The van der Waals surface area contributed by atoms with Gasteiger partial charge in [-0.15, -0.1) is 0 Å². The normalized spacial score (nSPS) is 19.2. The van der Waals surface area contributed by atoms with Crippen LogP contribution in [0.15, 0.2) is 35.4 Å². The minimum absolute atomic E-state index is 0.0434. The van der Waals surface area contributed by atoms with Gasteiger partial charge in [-0.1, -0.05) is 18.2 Å². The second kappa shape index (κ2) is 7.81. The third-order valence-electron chi connectivity index (χ3n) is 4.97. The number of morpholine rings is 1. The number of ether oxygens (including phenoxy) is 1.